The molecule has 4 rings (SSSR count). The first-order chi connectivity index (χ1) is 23.4. The zero-order valence-corrected chi connectivity index (χ0v) is 28.3. The summed E-state index contributed by atoms with van der Waals surface area (Å²) in [4.78, 5) is 43.2. The molecule has 0 bridgehead atoms. The standard InChI is InChI=1S/C29H30F2N3O13PS2/c1-2-16-21-22(30)24(46-9-7-32-27(39)14-3-5-17(35)19(37)11-14)25(47-10-8-33-28(40)15-4-6-18(36)20(38)12-15)23(31)26(21)49-29(16)50(44,45)34-13-48(41,42)43/h3-6,11-12,34-38H,2,7-10,13H2,1H3,(H,32,39)(H,33,40)(H2,41,42,43). The molecule has 21 heteroatoms. The highest BCUT2D eigenvalue weighted by molar-refractivity contribution is 7.92. The number of benzene rings is 3. The number of hydrogen-bond donors (Lipinski definition) is 9. The van der Waals surface area contributed by atoms with Crippen LogP contribution < -0.4 is 24.8 Å². The van der Waals surface area contributed by atoms with Crippen molar-refractivity contribution in [3.63, 3.8) is 0 Å². The maximum absolute atomic E-state index is 16.2. The van der Waals surface area contributed by atoms with E-state index in [2.05, 4.69) is 10.6 Å². The molecular formula is C29H30F2N3O13PS2. The van der Waals surface area contributed by atoms with Crippen LogP contribution >= 0.6 is 18.9 Å². The number of carbonyl (C=O) groups excluding carboxylic acids is 2. The summed E-state index contributed by atoms with van der Waals surface area (Å²) in [6, 6.07) is 6.57. The third kappa shape index (κ3) is 8.70. The highest BCUT2D eigenvalue weighted by Crippen LogP contribution is 2.47. The molecule has 0 aliphatic heterocycles. The van der Waals surface area contributed by atoms with Gasteiger partial charge in [-0.1, -0.05) is 6.92 Å². The number of hydrogen-bond acceptors (Lipinski definition) is 12. The lowest BCUT2D eigenvalue weighted by molar-refractivity contribution is 0.0936. The molecule has 270 valence electrons. The van der Waals surface area contributed by atoms with Gasteiger partial charge >= 0.3 is 7.60 Å². The molecule has 1 heterocycles. The quantitative estimate of drug-likeness (QED) is 0.0480. The number of ether oxygens (including phenoxy) is 2. The van der Waals surface area contributed by atoms with Crippen molar-refractivity contribution in [3.8, 4) is 34.5 Å². The van der Waals surface area contributed by atoms with E-state index in [0.717, 1.165) is 24.3 Å². The van der Waals surface area contributed by atoms with Crippen LogP contribution in [-0.4, -0.2) is 83.0 Å². The molecule has 9 N–H and O–H groups in total. The molecule has 0 saturated heterocycles. The first-order valence-electron chi connectivity index (χ1n) is 14.3. The molecule has 0 aliphatic rings. The van der Waals surface area contributed by atoms with Crippen molar-refractivity contribution in [2.75, 3.05) is 32.6 Å². The lowest BCUT2D eigenvalue weighted by Crippen LogP contribution is -2.29. The van der Waals surface area contributed by atoms with Gasteiger partial charge in [-0.25, -0.2) is 17.2 Å². The van der Waals surface area contributed by atoms with Crippen LogP contribution in [0.1, 0.15) is 33.2 Å². The van der Waals surface area contributed by atoms with Crippen molar-refractivity contribution in [2.45, 2.75) is 17.6 Å². The lowest BCUT2D eigenvalue weighted by Gasteiger charge is -2.16. The Balaban J connectivity index is 1.63. The van der Waals surface area contributed by atoms with E-state index in [-0.39, 0.29) is 47.5 Å². The fraction of sp³-hybridized carbons (Fsp3) is 0.241. The van der Waals surface area contributed by atoms with Gasteiger partial charge in [-0.3, -0.25) is 14.2 Å². The summed E-state index contributed by atoms with van der Waals surface area (Å²) in [6.07, 6.45) is -1.44. The van der Waals surface area contributed by atoms with E-state index in [1.165, 1.54) is 19.1 Å². The maximum Gasteiger partial charge on any atom is 0.340 e. The van der Waals surface area contributed by atoms with Gasteiger partial charge in [0, 0.05) is 16.5 Å². The van der Waals surface area contributed by atoms with Crippen LogP contribution in [0.5, 0.6) is 34.5 Å². The minimum absolute atomic E-state index is 0.0421. The van der Waals surface area contributed by atoms with Crippen LogP contribution in [0.4, 0.5) is 8.78 Å². The van der Waals surface area contributed by atoms with Gasteiger partial charge in [0.1, 0.15) is 23.7 Å². The average Bonchev–Trinajstić information content (AvgIpc) is 3.47. The number of amides is 2. The Morgan fingerprint density at radius 2 is 1.30 bits per heavy atom. The van der Waals surface area contributed by atoms with Crippen molar-refractivity contribution in [1.29, 1.82) is 0 Å². The average molecular weight is 762 g/mol. The van der Waals surface area contributed by atoms with Crippen LogP contribution in [0.25, 0.3) is 10.1 Å². The minimum atomic E-state index is -4.85. The van der Waals surface area contributed by atoms with Crippen molar-refractivity contribution in [3.05, 3.63) is 64.7 Å². The molecule has 0 radical (unpaired) electrons. The van der Waals surface area contributed by atoms with Gasteiger partial charge in [-0.2, -0.15) is 4.72 Å². The van der Waals surface area contributed by atoms with Crippen molar-refractivity contribution < 1.29 is 71.0 Å². The van der Waals surface area contributed by atoms with E-state index in [4.69, 9.17) is 19.3 Å². The van der Waals surface area contributed by atoms with E-state index in [9.17, 15) is 43.0 Å². The van der Waals surface area contributed by atoms with Crippen molar-refractivity contribution >= 4 is 50.9 Å². The maximum atomic E-state index is 16.2. The van der Waals surface area contributed by atoms with E-state index in [1.54, 1.807) is 4.72 Å². The van der Waals surface area contributed by atoms with E-state index >= 15 is 8.78 Å². The first-order valence-corrected chi connectivity index (χ1v) is 18.4. The number of rotatable bonds is 15. The zero-order valence-electron chi connectivity index (χ0n) is 25.8. The highest BCUT2D eigenvalue weighted by atomic mass is 32.2. The molecule has 0 spiro atoms. The number of halogens is 2. The van der Waals surface area contributed by atoms with Gasteiger partial charge in [-0.15, -0.1) is 11.3 Å². The molecule has 0 fully saturated rings. The summed E-state index contributed by atoms with van der Waals surface area (Å²) >= 11 is 0.282. The predicted octanol–water partition coefficient (Wildman–Crippen LogP) is 2.60. The monoisotopic (exact) mass is 761 g/mol. The summed E-state index contributed by atoms with van der Waals surface area (Å²) in [7, 11) is -9.53. The number of fused-ring (bicyclic) bond motifs is 1. The van der Waals surface area contributed by atoms with Gasteiger partial charge in [0.2, 0.25) is 11.5 Å². The molecular weight excluding hydrogens is 731 g/mol. The number of aromatic hydroxyl groups is 4. The van der Waals surface area contributed by atoms with Crippen LogP contribution in [0.15, 0.2) is 40.6 Å². The molecule has 0 saturated carbocycles. The van der Waals surface area contributed by atoms with Gasteiger partial charge in [0.25, 0.3) is 21.8 Å². The third-order valence-electron chi connectivity index (χ3n) is 6.80. The number of carbonyl (C=O) groups is 2. The second kappa shape index (κ2) is 15.4. The summed E-state index contributed by atoms with van der Waals surface area (Å²) in [6.45, 7) is -0.138. The molecule has 16 nitrogen and oxygen atoms in total. The Morgan fingerprint density at radius 3 is 1.74 bits per heavy atom. The molecule has 0 aliphatic carbocycles. The van der Waals surface area contributed by atoms with Crippen LogP contribution in [0.3, 0.4) is 0 Å². The van der Waals surface area contributed by atoms with Crippen LogP contribution in [0.2, 0.25) is 0 Å². The smallest absolute Gasteiger partial charge is 0.340 e. The highest BCUT2D eigenvalue weighted by Gasteiger charge is 2.32. The van der Waals surface area contributed by atoms with Crippen LogP contribution in [-0.2, 0) is 21.0 Å². The molecule has 0 atom stereocenters. The van der Waals surface area contributed by atoms with Crippen molar-refractivity contribution in [2.24, 2.45) is 0 Å². The Labute approximate surface area is 286 Å². The topological polar surface area (TPSA) is 261 Å². The minimum Gasteiger partial charge on any atom is -0.504 e. The summed E-state index contributed by atoms with van der Waals surface area (Å²) < 4.78 is 81.2. The molecule has 4 aromatic rings. The Kier molecular flexibility index (Phi) is 11.8. The predicted molar refractivity (Wildman–Crippen MR) is 174 cm³/mol. The fourth-order valence-electron chi connectivity index (χ4n) is 4.45. The molecule has 2 amide bonds. The lowest BCUT2D eigenvalue weighted by atomic mass is 10.1. The zero-order chi connectivity index (χ0) is 37.0. The van der Waals surface area contributed by atoms with Gasteiger partial charge in [0.15, 0.2) is 34.6 Å². The SMILES string of the molecule is CCc1c(S(=O)(=O)NCP(=O)(O)O)sc2c(F)c(OCCNC(=O)c3ccc(O)c(O)c3)c(OCCNC(=O)c3ccc(O)c(O)c3)c(F)c12. The largest absolute Gasteiger partial charge is 0.504 e. The second-order valence-electron chi connectivity index (χ2n) is 10.3. The summed E-state index contributed by atoms with van der Waals surface area (Å²) in [5.41, 5.74) is -0.306. The molecule has 0 unspecified atom stereocenters. The number of phenols is 4. The fourth-order valence-corrected chi connectivity index (χ4v) is 8.42. The Bertz CT molecular complexity index is 2110. The third-order valence-corrected chi connectivity index (χ3v) is 10.8. The molecule has 3 aromatic carbocycles. The Morgan fingerprint density at radius 1 is 0.820 bits per heavy atom. The summed E-state index contributed by atoms with van der Waals surface area (Å²) in [5.74, 6) is -7.62. The first kappa shape index (κ1) is 38.1. The summed E-state index contributed by atoms with van der Waals surface area (Å²) in [5, 5.41) is 42.5. The number of nitrogens with one attached hydrogen (secondary N) is 3. The normalized spacial score (nSPS) is 11.8. The molecule has 1 aromatic heterocycles. The van der Waals surface area contributed by atoms with Gasteiger partial charge in [0.05, 0.1) is 17.8 Å². The number of phenolic OH excluding ortho intramolecular Hbond substituents is 4. The number of thiophene rings is 1. The van der Waals surface area contributed by atoms with Crippen molar-refractivity contribution in [1.82, 2.24) is 15.4 Å². The van der Waals surface area contributed by atoms with Crippen LogP contribution in [0, 0.1) is 11.6 Å². The van der Waals surface area contributed by atoms with Gasteiger partial charge in [-0.05, 0) is 48.4 Å². The van der Waals surface area contributed by atoms with E-state index < -0.39 is 109 Å². The molecule has 50 heavy (non-hydrogen) atoms. The number of sulfonamides is 1. The van der Waals surface area contributed by atoms with E-state index in [1.807, 2.05) is 0 Å². The Hall–Kier alpha value is -4.72. The second-order valence-corrected chi connectivity index (χ2v) is 14.9. The van der Waals surface area contributed by atoms with E-state index in [0.29, 0.717) is 0 Å². The number of aryl methyl sites for hydroxylation is 1. The van der Waals surface area contributed by atoms with Gasteiger partial charge < -0.3 is 50.3 Å².